The number of anilines is 1. The first kappa shape index (κ1) is 32.6. The normalized spacial score (nSPS) is 18.3. The van der Waals surface area contributed by atoms with Crippen molar-refractivity contribution in [2.75, 3.05) is 5.32 Å². The number of alkyl halides is 2. The molecule has 0 spiro atoms. The molecule has 1 aliphatic rings. The van der Waals surface area contributed by atoms with Crippen molar-refractivity contribution < 1.29 is 23.1 Å². The molecule has 0 bridgehead atoms. The van der Waals surface area contributed by atoms with E-state index in [2.05, 4.69) is 35.8 Å². The van der Waals surface area contributed by atoms with Gasteiger partial charge in [0.15, 0.2) is 0 Å². The lowest BCUT2D eigenvalue weighted by Gasteiger charge is -2.33. The maximum atomic E-state index is 12.8. The van der Waals surface area contributed by atoms with E-state index in [1.807, 2.05) is 0 Å². The van der Waals surface area contributed by atoms with Crippen LogP contribution < -0.4 is 15.4 Å². The summed E-state index contributed by atoms with van der Waals surface area (Å²) in [5.74, 6) is 0.889. The number of Topliss-reactive ketones (excluding diaryl/α,β-unsaturated/α-hetero) is 1. The van der Waals surface area contributed by atoms with Gasteiger partial charge in [0.2, 0.25) is 0 Å². The van der Waals surface area contributed by atoms with Crippen molar-refractivity contribution in [1.82, 2.24) is 5.32 Å². The van der Waals surface area contributed by atoms with E-state index >= 15 is 0 Å². The van der Waals surface area contributed by atoms with Crippen molar-refractivity contribution >= 4 is 40.6 Å². The Morgan fingerprint density at radius 1 is 1.13 bits per heavy atom. The zero-order valence-electron chi connectivity index (χ0n) is 23.2. The zero-order chi connectivity index (χ0) is 29.3. The second-order valence-electron chi connectivity index (χ2n) is 10.6. The number of ether oxygens (including phenoxy) is 1. The van der Waals surface area contributed by atoms with Crippen molar-refractivity contribution in [3.05, 3.63) is 69.8 Å². The molecule has 0 heterocycles. The predicted octanol–water partition coefficient (Wildman–Crippen LogP) is 9.00. The topological polar surface area (TPSA) is 67.4 Å². The van der Waals surface area contributed by atoms with E-state index in [9.17, 15) is 18.4 Å². The first-order chi connectivity index (χ1) is 18.2. The average molecular weight is 584 g/mol. The van der Waals surface area contributed by atoms with E-state index in [0.717, 1.165) is 11.8 Å². The Kier molecular flexibility index (Phi) is 12.2. The summed E-state index contributed by atoms with van der Waals surface area (Å²) < 4.78 is 29.8. The van der Waals surface area contributed by atoms with Crippen molar-refractivity contribution in [2.24, 2.45) is 11.8 Å². The maximum Gasteiger partial charge on any atom is 0.387 e. The third kappa shape index (κ3) is 10.1. The smallest absolute Gasteiger partial charge is 0.387 e. The molecule has 3 atom stereocenters. The van der Waals surface area contributed by atoms with Gasteiger partial charge in [0.1, 0.15) is 11.5 Å². The van der Waals surface area contributed by atoms with Crippen molar-refractivity contribution in [1.29, 1.82) is 0 Å². The van der Waals surface area contributed by atoms with Crippen LogP contribution in [0.3, 0.4) is 0 Å². The molecule has 1 fully saturated rings. The molecule has 1 amide bonds. The van der Waals surface area contributed by atoms with Crippen LogP contribution in [0.1, 0.15) is 82.6 Å². The Balaban J connectivity index is 0.000000568. The van der Waals surface area contributed by atoms with Gasteiger partial charge in [-0.3, -0.25) is 9.59 Å². The van der Waals surface area contributed by atoms with Gasteiger partial charge >= 0.3 is 6.61 Å². The van der Waals surface area contributed by atoms with E-state index in [4.69, 9.17) is 23.2 Å². The number of rotatable bonds is 9. The molecule has 0 aromatic heterocycles. The van der Waals surface area contributed by atoms with Gasteiger partial charge in [-0.2, -0.15) is 8.78 Å². The Bertz CT molecular complexity index is 1150. The van der Waals surface area contributed by atoms with Crippen LogP contribution in [0.4, 0.5) is 14.5 Å². The van der Waals surface area contributed by atoms with Crippen LogP contribution in [0.2, 0.25) is 10.0 Å². The summed E-state index contributed by atoms with van der Waals surface area (Å²) in [5, 5.41) is 6.12. The van der Waals surface area contributed by atoms with Gasteiger partial charge in [-0.05, 0) is 68.9 Å². The third-order valence-electron chi connectivity index (χ3n) is 6.53. The molecule has 3 unspecified atom stereocenters. The van der Waals surface area contributed by atoms with E-state index in [1.165, 1.54) is 50.8 Å². The second-order valence-corrected chi connectivity index (χ2v) is 11.4. The molecular formula is C30H38Cl2F2N2O3. The summed E-state index contributed by atoms with van der Waals surface area (Å²) in [6, 6.07) is 8.67. The molecule has 1 saturated carbocycles. The maximum absolute atomic E-state index is 12.8. The number of ketones is 1. The van der Waals surface area contributed by atoms with Gasteiger partial charge in [-0.1, -0.05) is 75.0 Å². The lowest BCUT2D eigenvalue weighted by Crippen LogP contribution is -2.40. The summed E-state index contributed by atoms with van der Waals surface area (Å²) in [7, 11) is 0. The van der Waals surface area contributed by atoms with Crippen LogP contribution in [0.25, 0.3) is 0 Å². The highest BCUT2D eigenvalue weighted by Crippen LogP contribution is 2.37. The molecular weight excluding hydrogens is 545 g/mol. The minimum absolute atomic E-state index is 0.0746. The molecule has 0 aliphatic heterocycles. The Morgan fingerprint density at radius 2 is 1.77 bits per heavy atom. The van der Waals surface area contributed by atoms with Gasteiger partial charge in [0, 0.05) is 17.1 Å². The fourth-order valence-corrected chi connectivity index (χ4v) is 5.59. The number of carbonyl (C=O) groups excluding carboxylic acids is 2. The van der Waals surface area contributed by atoms with Crippen LogP contribution in [-0.4, -0.2) is 18.3 Å². The van der Waals surface area contributed by atoms with Crippen LogP contribution in [-0.2, 0) is 10.3 Å². The van der Waals surface area contributed by atoms with Crippen LogP contribution in [0.15, 0.2) is 48.7 Å². The summed E-state index contributed by atoms with van der Waals surface area (Å²) in [6.45, 7) is 10.5. The van der Waals surface area contributed by atoms with E-state index < -0.39 is 18.1 Å². The average Bonchev–Trinajstić information content (AvgIpc) is 2.80. The lowest BCUT2D eigenvalue weighted by atomic mass is 9.84. The third-order valence-corrected chi connectivity index (χ3v) is 7.18. The number of hydrogen-bond donors (Lipinski definition) is 2. The fourth-order valence-electron chi connectivity index (χ4n) is 5.04. The number of hydrogen-bond acceptors (Lipinski definition) is 4. The molecule has 214 valence electrons. The molecule has 0 saturated heterocycles. The van der Waals surface area contributed by atoms with E-state index in [1.54, 1.807) is 32.0 Å². The first-order valence-corrected chi connectivity index (χ1v) is 13.7. The lowest BCUT2D eigenvalue weighted by molar-refractivity contribution is -0.118. The largest absolute Gasteiger partial charge is 0.434 e. The van der Waals surface area contributed by atoms with Crippen LogP contribution >= 0.6 is 23.2 Å². The van der Waals surface area contributed by atoms with Crippen LogP contribution in [0.5, 0.6) is 5.75 Å². The molecule has 2 aromatic rings. The second kappa shape index (κ2) is 14.7. The van der Waals surface area contributed by atoms with E-state index in [-0.39, 0.29) is 39.2 Å². The highest BCUT2D eigenvalue weighted by molar-refractivity contribution is 6.35. The highest BCUT2D eigenvalue weighted by Gasteiger charge is 2.31. The summed E-state index contributed by atoms with van der Waals surface area (Å²) in [4.78, 5) is 24.7. The molecule has 9 heteroatoms. The molecule has 0 radical (unpaired) electrons. The molecule has 39 heavy (non-hydrogen) atoms. The van der Waals surface area contributed by atoms with Crippen molar-refractivity contribution in [2.45, 2.75) is 78.9 Å². The first-order valence-electron chi connectivity index (χ1n) is 13.0. The molecule has 1 aliphatic carbocycles. The zero-order valence-corrected chi connectivity index (χ0v) is 24.7. The number of benzene rings is 2. The van der Waals surface area contributed by atoms with Crippen LogP contribution in [0, 0.1) is 11.8 Å². The monoisotopic (exact) mass is 582 g/mol. The number of carbonyl (C=O) groups is 2. The quantitative estimate of drug-likeness (QED) is 0.309. The van der Waals surface area contributed by atoms with Gasteiger partial charge in [0.05, 0.1) is 21.8 Å². The fraction of sp³-hybridized carbons (Fsp3) is 0.467. The number of nitrogens with one attached hydrogen (secondary N) is 2. The Hall–Kier alpha value is -2.64. The Labute approximate surface area is 240 Å². The Morgan fingerprint density at radius 3 is 2.28 bits per heavy atom. The molecule has 5 nitrogen and oxygen atoms in total. The standard InChI is InChI=1S/C22H22Cl2F2N2O3.C8H16/c1-12(2)28-22(4,11-13(3)29)16-6-5-7-17(19(16)24)27-20(30)15-10-14(23)8-9-18(15)31-21(25)26;1-7-4-3-5-8(2)6-7/h5-10,21,28H,1,11H2,2-4H3,(H,27,30);7-8H,3-6H2,1-2H3. The van der Waals surface area contributed by atoms with Crippen molar-refractivity contribution in [3.63, 3.8) is 0 Å². The van der Waals surface area contributed by atoms with Gasteiger partial charge in [0.25, 0.3) is 5.91 Å². The summed E-state index contributed by atoms with van der Waals surface area (Å²) >= 11 is 12.5. The van der Waals surface area contributed by atoms with Gasteiger partial charge in [-0.15, -0.1) is 0 Å². The molecule has 3 rings (SSSR count). The summed E-state index contributed by atoms with van der Waals surface area (Å²) in [5.41, 5.74) is 0.351. The molecule has 2 aromatic carbocycles. The number of halogens is 4. The SMILES string of the molecule is C=C(C)NC(C)(CC(C)=O)c1cccc(NC(=O)c2cc(Cl)ccc2OC(F)F)c1Cl.CC1CCCC(C)C1. The molecule has 2 N–H and O–H groups in total. The number of allylic oxidation sites excluding steroid dienone is 1. The summed E-state index contributed by atoms with van der Waals surface area (Å²) in [6.07, 6.45) is 6.02. The van der Waals surface area contributed by atoms with Crippen molar-refractivity contribution in [3.8, 4) is 5.75 Å². The highest BCUT2D eigenvalue weighted by atomic mass is 35.5. The minimum Gasteiger partial charge on any atom is -0.434 e. The number of amides is 1. The minimum atomic E-state index is -3.11. The van der Waals surface area contributed by atoms with Gasteiger partial charge in [-0.25, -0.2) is 0 Å². The predicted molar refractivity (Wildman–Crippen MR) is 155 cm³/mol. The van der Waals surface area contributed by atoms with Gasteiger partial charge < -0.3 is 15.4 Å². The van der Waals surface area contributed by atoms with E-state index in [0.29, 0.717) is 11.3 Å².